The van der Waals surface area contributed by atoms with E-state index >= 15 is 0 Å². The first-order valence-electron chi connectivity index (χ1n) is 9.29. The Hall–Kier alpha value is -3.95. The molecule has 2 heterocycles. The molecule has 2 amide bonds. The number of aromatic nitrogens is 4. The van der Waals surface area contributed by atoms with E-state index in [9.17, 15) is 14.0 Å². The van der Waals surface area contributed by atoms with Crippen LogP contribution in [0.2, 0.25) is 0 Å². The molecule has 1 aliphatic heterocycles. The molecule has 9 nitrogen and oxygen atoms in total. The van der Waals surface area contributed by atoms with Gasteiger partial charge in [0.2, 0.25) is 5.91 Å². The van der Waals surface area contributed by atoms with E-state index in [2.05, 4.69) is 25.9 Å². The summed E-state index contributed by atoms with van der Waals surface area (Å²) in [6.45, 7) is 1.93. The minimum Gasteiger partial charge on any atom is -0.321 e. The predicted octanol–water partition coefficient (Wildman–Crippen LogP) is 2.23. The SMILES string of the molecule is Cc1nnnn1-c1cc(NC(=O)C2=NN(Cc3ccccc3)C(=O)CC2)ccc1F. The fraction of sp³-hybridized carbons (Fsp3) is 0.200. The summed E-state index contributed by atoms with van der Waals surface area (Å²) in [7, 11) is 0. The highest BCUT2D eigenvalue weighted by Crippen LogP contribution is 2.20. The Morgan fingerprint density at radius 3 is 2.70 bits per heavy atom. The third-order valence-corrected chi connectivity index (χ3v) is 4.60. The Kier molecular flexibility index (Phi) is 5.29. The summed E-state index contributed by atoms with van der Waals surface area (Å²) in [6, 6.07) is 13.5. The van der Waals surface area contributed by atoms with Crippen LogP contribution >= 0.6 is 0 Å². The lowest BCUT2D eigenvalue weighted by atomic mass is 10.1. The maximum Gasteiger partial charge on any atom is 0.271 e. The van der Waals surface area contributed by atoms with Gasteiger partial charge in [-0.25, -0.2) is 9.40 Å². The predicted molar refractivity (Wildman–Crippen MR) is 106 cm³/mol. The van der Waals surface area contributed by atoms with E-state index in [1.54, 1.807) is 6.92 Å². The average Bonchev–Trinajstić information content (AvgIpc) is 3.17. The highest BCUT2D eigenvalue weighted by atomic mass is 19.1. The van der Waals surface area contributed by atoms with E-state index in [1.165, 1.54) is 27.9 Å². The van der Waals surface area contributed by atoms with Gasteiger partial charge in [-0.1, -0.05) is 30.3 Å². The number of tetrazole rings is 1. The number of anilines is 1. The lowest BCUT2D eigenvalue weighted by Gasteiger charge is -2.23. The first kappa shape index (κ1) is 19.4. The van der Waals surface area contributed by atoms with Crippen molar-refractivity contribution in [3.05, 3.63) is 65.7 Å². The number of carbonyl (C=O) groups excluding carboxylic acids is 2. The fourth-order valence-corrected chi connectivity index (χ4v) is 3.05. The molecule has 0 radical (unpaired) electrons. The van der Waals surface area contributed by atoms with E-state index in [1.807, 2.05) is 30.3 Å². The van der Waals surface area contributed by atoms with E-state index in [0.29, 0.717) is 11.5 Å². The van der Waals surface area contributed by atoms with Gasteiger partial charge in [0.15, 0.2) is 5.82 Å². The highest BCUT2D eigenvalue weighted by Gasteiger charge is 2.25. The summed E-state index contributed by atoms with van der Waals surface area (Å²) in [5.74, 6) is -0.720. The maximum absolute atomic E-state index is 14.2. The third-order valence-electron chi connectivity index (χ3n) is 4.60. The van der Waals surface area contributed by atoms with Gasteiger partial charge in [0.25, 0.3) is 5.91 Å². The molecular weight excluding hydrogens is 389 g/mol. The van der Waals surface area contributed by atoms with Gasteiger partial charge < -0.3 is 5.32 Å². The number of nitrogens with one attached hydrogen (secondary N) is 1. The number of rotatable bonds is 5. The monoisotopic (exact) mass is 407 g/mol. The summed E-state index contributed by atoms with van der Waals surface area (Å²) in [5, 5.41) is 19.2. The molecule has 0 aliphatic carbocycles. The smallest absolute Gasteiger partial charge is 0.271 e. The summed E-state index contributed by atoms with van der Waals surface area (Å²) in [5.41, 5.74) is 1.62. The van der Waals surface area contributed by atoms with Crippen LogP contribution in [0.4, 0.5) is 10.1 Å². The average molecular weight is 407 g/mol. The molecule has 10 heteroatoms. The minimum atomic E-state index is -0.530. The molecule has 0 fully saturated rings. The first-order chi connectivity index (χ1) is 14.5. The number of carbonyl (C=O) groups is 2. The zero-order chi connectivity index (χ0) is 21.1. The summed E-state index contributed by atoms with van der Waals surface area (Å²) in [6.07, 6.45) is 0.424. The quantitative estimate of drug-likeness (QED) is 0.698. The van der Waals surface area contributed by atoms with Crippen molar-refractivity contribution in [3.63, 3.8) is 0 Å². The molecule has 0 saturated carbocycles. The van der Waals surface area contributed by atoms with Crippen molar-refractivity contribution in [2.45, 2.75) is 26.3 Å². The minimum absolute atomic E-state index is 0.113. The van der Waals surface area contributed by atoms with Crippen LogP contribution in [0, 0.1) is 12.7 Å². The summed E-state index contributed by atoms with van der Waals surface area (Å²) < 4.78 is 15.4. The van der Waals surface area contributed by atoms with Gasteiger partial charge in [0.1, 0.15) is 17.2 Å². The van der Waals surface area contributed by atoms with Crippen LogP contribution in [0.1, 0.15) is 24.2 Å². The number of hydrogen-bond donors (Lipinski definition) is 1. The van der Waals surface area contributed by atoms with Gasteiger partial charge in [0, 0.05) is 18.5 Å². The molecule has 2 aromatic carbocycles. The first-order valence-corrected chi connectivity index (χ1v) is 9.29. The number of benzene rings is 2. The van der Waals surface area contributed by atoms with Gasteiger partial charge in [-0.3, -0.25) is 9.59 Å². The second kappa shape index (κ2) is 8.19. The Morgan fingerprint density at radius 2 is 1.97 bits per heavy atom. The van der Waals surface area contributed by atoms with E-state index < -0.39 is 11.7 Å². The van der Waals surface area contributed by atoms with Crippen LogP contribution in [0.25, 0.3) is 5.69 Å². The molecule has 0 bridgehead atoms. The summed E-state index contributed by atoms with van der Waals surface area (Å²) in [4.78, 5) is 24.9. The van der Waals surface area contributed by atoms with E-state index in [-0.39, 0.29) is 36.7 Å². The normalized spacial score (nSPS) is 13.9. The number of hydrazone groups is 1. The van der Waals surface area contributed by atoms with Gasteiger partial charge in [-0.05, 0) is 41.1 Å². The largest absolute Gasteiger partial charge is 0.321 e. The van der Waals surface area contributed by atoms with E-state index in [4.69, 9.17) is 0 Å². The molecule has 0 spiro atoms. The fourth-order valence-electron chi connectivity index (χ4n) is 3.05. The van der Waals surface area contributed by atoms with Crippen molar-refractivity contribution >= 4 is 23.2 Å². The lowest BCUT2D eigenvalue weighted by molar-refractivity contribution is -0.132. The Labute approximate surface area is 171 Å². The molecule has 0 saturated heterocycles. The molecule has 1 aromatic heterocycles. The molecule has 3 aromatic rings. The lowest BCUT2D eigenvalue weighted by Crippen LogP contribution is -2.36. The van der Waals surface area contributed by atoms with Crippen molar-refractivity contribution in [1.82, 2.24) is 25.2 Å². The zero-order valence-corrected chi connectivity index (χ0v) is 16.1. The maximum atomic E-state index is 14.2. The van der Waals surface area contributed by atoms with E-state index in [0.717, 1.165) is 5.56 Å². The number of halogens is 1. The van der Waals surface area contributed by atoms with Gasteiger partial charge in [-0.2, -0.15) is 9.78 Å². The zero-order valence-electron chi connectivity index (χ0n) is 16.1. The molecule has 30 heavy (non-hydrogen) atoms. The molecule has 152 valence electrons. The van der Waals surface area contributed by atoms with Crippen LogP contribution < -0.4 is 5.32 Å². The topological polar surface area (TPSA) is 105 Å². The van der Waals surface area contributed by atoms with Gasteiger partial charge >= 0.3 is 0 Å². The van der Waals surface area contributed by atoms with Crippen molar-refractivity contribution in [3.8, 4) is 5.69 Å². The third kappa shape index (κ3) is 4.07. The molecule has 1 aliphatic rings. The number of aryl methyl sites for hydroxylation is 1. The number of amides is 2. The Morgan fingerprint density at radius 1 is 1.17 bits per heavy atom. The summed E-state index contributed by atoms with van der Waals surface area (Å²) >= 11 is 0. The molecule has 4 rings (SSSR count). The number of hydrogen-bond acceptors (Lipinski definition) is 6. The van der Waals surface area contributed by atoms with Crippen molar-refractivity contribution < 1.29 is 14.0 Å². The standard InChI is InChI=1S/C20H18FN7O2/c1-13-23-25-26-28(13)18-11-15(7-8-16(18)21)22-20(30)17-9-10-19(29)27(24-17)12-14-5-3-2-4-6-14/h2-8,11H,9-10,12H2,1H3,(H,22,30). The van der Waals surface area contributed by atoms with Gasteiger partial charge in [0.05, 0.1) is 6.54 Å². The van der Waals surface area contributed by atoms with Crippen LogP contribution in [-0.4, -0.2) is 42.7 Å². The Bertz CT molecular complexity index is 1130. The van der Waals surface area contributed by atoms with Crippen LogP contribution in [0.3, 0.4) is 0 Å². The number of nitrogens with zero attached hydrogens (tertiary/aromatic N) is 6. The second-order valence-corrected chi connectivity index (χ2v) is 6.74. The second-order valence-electron chi connectivity index (χ2n) is 6.74. The van der Waals surface area contributed by atoms with Crippen LogP contribution in [0.5, 0.6) is 0 Å². The Balaban J connectivity index is 1.53. The molecule has 0 unspecified atom stereocenters. The van der Waals surface area contributed by atoms with Crippen LogP contribution in [-0.2, 0) is 16.1 Å². The van der Waals surface area contributed by atoms with Gasteiger partial charge in [-0.15, -0.1) is 5.10 Å². The molecule has 1 N–H and O–H groups in total. The van der Waals surface area contributed by atoms with Crippen molar-refractivity contribution in [2.24, 2.45) is 5.10 Å². The van der Waals surface area contributed by atoms with Crippen molar-refractivity contribution in [1.29, 1.82) is 0 Å². The highest BCUT2D eigenvalue weighted by molar-refractivity contribution is 6.43. The molecule has 0 atom stereocenters. The molecular formula is C20H18FN7O2. The van der Waals surface area contributed by atoms with Crippen LogP contribution in [0.15, 0.2) is 53.6 Å². The van der Waals surface area contributed by atoms with Crippen molar-refractivity contribution in [2.75, 3.05) is 5.32 Å².